The molecule has 1 atom stereocenters. The van der Waals surface area contributed by atoms with Crippen LogP contribution in [0.15, 0.2) is 0 Å². The van der Waals surface area contributed by atoms with Gasteiger partial charge in [-0.2, -0.15) is 11.8 Å². The van der Waals surface area contributed by atoms with E-state index in [2.05, 4.69) is 0 Å². The summed E-state index contributed by atoms with van der Waals surface area (Å²) in [5.41, 5.74) is 10.2. The Labute approximate surface area is 69.7 Å². The van der Waals surface area contributed by atoms with Crippen molar-refractivity contribution in [2.75, 3.05) is 11.5 Å². The van der Waals surface area contributed by atoms with Gasteiger partial charge in [0.15, 0.2) is 0 Å². The predicted molar refractivity (Wildman–Crippen MR) is 45.2 cm³/mol. The van der Waals surface area contributed by atoms with Gasteiger partial charge in [0.05, 0.1) is 6.04 Å². The molecular formula is C6H12N2O2S. The fourth-order valence-electron chi connectivity index (χ4n) is 0.424. The first-order chi connectivity index (χ1) is 5.18. The number of hydrogen-bond acceptors (Lipinski definition) is 4. The number of hydrogen-bond donors (Lipinski definition) is 2. The van der Waals surface area contributed by atoms with E-state index in [-0.39, 0.29) is 0 Å². The topological polar surface area (TPSA) is 86.2 Å². The van der Waals surface area contributed by atoms with Crippen LogP contribution in [0.3, 0.4) is 0 Å². The maximum Gasteiger partial charge on any atom is 0.235 e. The van der Waals surface area contributed by atoms with Crippen LogP contribution in [0.4, 0.5) is 0 Å². The summed E-state index contributed by atoms with van der Waals surface area (Å²) in [5, 5.41) is 0. The van der Waals surface area contributed by atoms with Crippen LogP contribution in [0.2, 0.25) is 0 Å². The molecule has 0 fully saturated rings. The van der Waals surface area contributed by atoms with Crippen LogP contribution < -0.4 is 11.5 Å². The van der Waals surface area contributed by atoms with Gasteiger partial charge >= 0.3 is 0 Å². The van der Waals surface area contributed by atoms with Crippen molar-refractivity contribution in [3.63, 3.8) is 0 Å². The maximum atomic E-state index is 10.4. The van der Waals surface area contributed by atoms with E-state index in [1.165, 1.54) is 11.8 Å². The van der Waals surface area contributed by atoms with Crippen LogP contribution in [-0.4, -0.2) is 29.7 Å². The average Bonchev–Trinajstić information content (AvgIpc) is 1.97. The first kappa shape index (κ1) is 10.4. The molecule has 0 aliphatic rings. The normalized spacial score (nSPS) is 12.5. The lowest BCUT2D eigenvalue weighted by Gasteiger charge is -2.04. The van der Waals surface area contributed by atoms with Gasteiger partial charge < -0.3 is 16.3 Å². The lowest BCUT2D eigenvalue weighted by molar-refractivity contribution is -0.118. The zero-order valence-electron chi connectivity index (χ0n) is 6.16. The number of nitrogens with two attached hydrogens (primary N) is 2. The zero-order valence-corrected chi connectivity index (χ0v) is 6.97. The summed E-state index contributed by atoms with van der Waals surface area (Å²) in [4.78, 5) is 20.2. The third kappa shape index (κ3) is 5.87. The summed E-state index contributed by atoms with van der Waals surface area (Å²) < 4.78 is 0. The highest BCUT2D eigenvalue weighted by Crippen LogP contribution is 2.01. The van der Waals surface area contributed by atoms with Gasteiger partial charge in [-0.3, -0.25) is 4.79 Å². The molecule has 0 saturated carbocycles. The van der Waals surface area contributed by atoms with Crippen molar-refractivity contribution in [3.8, 4) is 0 Å². The lowest BCUT2D eigenvalue weighted by atomic mass is 10.3. The minimum atomic E-state index is -0.591. The minimum Gasteiger partial charge on any atom is -0.368 e. The van der Waals surface area contributed by atoms with E-state index in [1.807, 2.05) is 0 Å². The zero-order chi connectivity index (χ0) is 8.69. The molecule has 0 aromatic heterocycles. The molecule has 11 heavy (non-hydrogen) atoms. The van der Waals surface area contributed by atoms with Crippen LogP contribution in [0, 0.1) is 0 Å². The van der Waals surface area contributed by atoms with Gasteiger partial charge in [-0.05, 0) is 5.75 Å². The molecule has 0 aromatic carbocycles. The Balaban J connectivity index is 3.24. The number of primary amides is 1. The van der Waals surface area contributed by atoms with E-state index in [1.54, 1.807) is 0 Å². The van der Waals surface area contributed by atoms with Crippen molar-refractivity contribution in [3.05, 3.63) is 0 Å². The third-order valence-electron chi connectivity index (χ3n) is 1.04. The van der Waals surface area contributed by atoms with E-state index in [0.717, 1.165) is 6.29 Å². The SMILES string of the molecule is NC(=O)C(N)CSCCC=O. The molecule has 0 saturated heterocycles. The summed E-state index contributed by atoms with van der Waals surface area (Å²) >= 11 is 1.46. The number of rotatable bonds is 6. The second-order valence-corrected chi connectivity index (χ2v) is 3.19. The number of aldehydes is 1. The van der Waals surface area contributed by atoms with Crippen LogP contribution in [0.5, 0.6) is 0 Å². The molecule has 0 aromatic rings. The smallest absolute Gasteiger partial charge is 0.235 e. The number of carbonyl (C=O) groups excluding carboxylic acids is 2. The fraction of sp³-hybridized carbons (Fsp3) is 0.667. The Bertz CT molecular complexity index is 141. The quantitative estimate of drug-likeness (QED) is 0.406. The summed E-state index contributed by atoms with van der Waals surface area (Å²) in [5.74, 6) is 0.691. The highest BCUT2D eigenvalue weighted by molar-refractivity contribution is 7.99. The predicted octanol–water partition coefficient (Wildman–Crippen LogP) is -0.879. The molecule has 0 rings (SSSR count). The Morgan fingerprint density at radius 2 is 2.27 bits per heavy atom. The van der Waals surface area contributed by atoms with Gasteiger partial charge in [0.1, 0.15) is 6.29 Å². The van der Waals surface area contributed by atoms with Gasteiger partial charge in [-0.15, -0.1) is 0 Å². The number of amides is 1. The molecule has 0 radical (unpaired) electrons. The number of thioether (sulfide) groups is 1. The minimum absolute atomic E-state index is 0.489. The molecule has 0 spiro atoms. The molecule has 1 amide bonds. The van der Waals surface area contributed by atoms with Gasteiger partial charge in [-0.25, -0.2) is 0 Å². The van der Waals surface area contributed by atoms with E-state index in [4.69, 9.17) is 11.5 Å². The fourth-order valence-corrected chi connectivity index (χ4v) is 1.27. The lowest BCUT2D eigenvalue weighted by Crippen LogP contribution is -2.38. The molecule has 0 bridgehead atoms. The van der Waals surface area contributed by atoms with Crippen molar-refractivity contribution in [2.45, 2.75) is 12.5 Å². The summed E-state index contributed by atoms with van der Waals surface area (Å²) in [6.07, 6.45) is 1.33. The van der Waals surface area contributed by atoms with Crippen molar-refractivity contribution >= 4 is 24.0 Å². The van der Waals surface area contributed by atoms with Crippen LogP contribution >= 0.6 is 11.8 Å². The van der Waals surface area contributed by atoms with Gasteiger partial charge in [0.2, 0.25) is 5.91 Å². The van der Waals surface area contributed by atoms with Crippen molar-refractivity contribution < 1.29 is 9.59 Å². The Morgan fingerprint density at radius 3 is 2.73 bits per heavy atom. The Hall–Kier alpha value is -0.550. The molecule has 1 unspecified atom stereocenters. The van der Waals surface area contributed by atoms with Crippen LogP contribution in [-0.2, 0) is 9.59 Å². The van der Waals surface area contributed by atoms with Gasteiger partial charge in [0.25, 0.3) is 0 Å². The third-order valence-corrected chi connectivity index (χ3v) is 2.16. The largest absolute Gasteiger partial charge is 0.368 e. The molecule has 64 valence electrons. The van der Waals surface area contributed by atoms with Crippen molar-refractivity contribution in [1.82, 2.24) is 0 Å². The summed E-state index contributed by atoms with van der Waals surface area (Å²) in [6, 6.07) is -0.591. The molecule has 0 heterocycles. The maximum absolute atomic E-state index is 10.4. The van der Waals surface area contributed by atoms with E-state index in [9.17, 15) is 9.59 Å². The molecule has 0 aliphatic heterocycles. The standard InChI is InChI=1S/C6H12N2O2S/c7-5(6(8)10)4-11-3-1-2-9/h2,5H,1,3-4,7H2,(H2,8,10). The van der Waals surface area contributed by atoms with Gasteiger partial charge in [0, 0.05) is 12.2 Å². The molecular weight excluding hydrogens is 164 g/mol. The first-order valence-corrected chi connectivity index (χ1v) is 4.40. The Kier molecular flexibility index (Phi) is 5.87. The molecule has 4 nitrogen and oxygen atoms in total. The van der Waals surface area contributed by atoms with Crippen LogP contribution in [0.1, 0.15) is 6.42 Å². The van der Waals surface area contributed by atoms with Crippen molar-refractivity contribution in [1.29, 1.82) is 0 Å². The second kappa shape index (κ2) is 6.18. The van der Waals surface area contributed by atoms with Crippen LogP contribution in [0.25, 0.3) is 0 Å². The molecule has 5 heteroatoms. The second-order valence-electron chi connectivity index (χ2n) is 2.04. The first-order valence-electron chi connectivity index (χ1n) is 3.24. The summed E-state index contributed by atoms with van der Waals surface area (Å²) in [7, 11) is 0. The number of carbonyl (C=O) groups is 2. The highest BCUT2D eigenvalue weighted by Gasteiger charge is 2.07. The average molecular weight is 176 g/mol. The summed E-state index contributed by atoms with van der Waals surface area (Å²) in [6.45, 7) is 0. The van der Waals surface area contributed by atoms with E-state index in [0.29, 0.717) is 17.9 Å². The molecule has 4 N–H and O–H groups in total. The van der Waals surface area contributed by atoms with Gasteiger partial charge in [-0.1, -0.05) is 0 Å². The van der Waals surface area contributed by atoms with E-state index >= 15 is 0 Å². The highest BCUT2D eigenvalue weighted by atomic mass is 32.2. The molecule has 0 aliphatic carbocycles. The van der Waals surface area contributed by atoms with E-state index < -0.39 is 11.9 Å². The Morgan fingerprint density at radius 1 is 1.64 bits per heavy atom. The van der Waals surface area contributed by atoms with Crippen molar-refractivity contribution in [2.24, 2.45) is 11.5 Å². The monoisotopic (exact) mass is 176 g/mol.